The highest BCUT2D eigenvalue weighted by Gasteiger charge is 2.26. The van der Waals surface area contributed by atoms with Gasteiger partial charge >= 0.3 is 0 Å². The van der Waals surface area contributed by atoms with Gasteiger partial charge in [-0.05, 0) is 38.2 Å². The summed E-state index contributed by atoms with van der Waals surface area (Å²) in [6.45, 7) is 4.34. The first kappa shape index (κ1) is 14.8. The van der Waals surface area contributed by atoms with Crippen LogP contribution in [0.2, 0.25) is 0 Å². The Morgan fingerprint density at radius 1 is 1.53 bits per heavy atom. The maximum Gasteiger partial charge on any atom is 0.239 e. The Bertz CT molecular complexity index is 231. The Morgan fingerprint density at radius 3 is 2.71 bits per heavy atom. The average Bonchev–Trinajstić information content (AvgIpc) is 2.36. The molecule has 100 valence electrons. The Morgan fingerprint density at radius 2 is 2.18 bits per heavy atom. The molecule has 4 nitrogen and oxygen atoms in total. The van der Waals surface area contributed by atoms with Crippen molar-refractivity contribution in [3.05, 3.63) is 0 Å². The van der Waals surface area contributed by atoms with Gasteiger partial charge in [0.25, 0.3) is 0 Å². The van der Waals surface area contributed by atoms with Gasteiger partial charge < -0.3 is 15.4 Å². The van der Waals surface area contributed by atoms with Crippen molar-refractivity contribution in [3.8, 4) is 0 Å². The zero-order valence-electron chi connectivity index (χ0n) is 10.9. The van der Waals surface area contributed by atoms with Crippen LogP contribution in [-0.2, 0) is 9.53 Å². The van der Waals surface area contributed by atoms with Crippen LogP contribution in [0.4, 0.5) is 0 Å². The fourth-order valence-electron chi connectivity index (χ4n) is 2.08. The summed E-state index contributed by atoms with van der Waals surface area (Å²) in [5.74, 6) is 1.05. The molecule has 0 unspecified atom stereocenters. The minimum atomic E-state index is -0.328. The fourth-order valence-corrected chi connectivity index (χ4v) is 2.57. The number of hydrogen-bond acceptors (Lipinski definition) is 4. The summed E-state index contributed by atoms with van der Waals surface area (Å²) >= 11 is 1.73. The van der Waals surface area contributed by atoms with Crippen LogP contribution >= 0.6 is 11.8 Å². The van der Waals surface area contributed by atoms with Gasteiger partial charge in [-0.3, -0.25) is 4.79 Å². The van der Waals surface area contributed by atoms with E-state index in [1.54, 1.807) is 11.8 Å². The summed E-state index contributed by atoms with van der Waals surface area (Å²) in [6.07, 6.45) is 5.01. The third-order valence-corrected chi connectivity index (χ3v) is 3.75. The second-order valence-electron chi connectivity index (χ2n) is 4.37. The van der Waals surface area contributed by atoms with Crippen molar-refractivity contribution in [1.29, 1.82) is 0 Å². The van der Waals surface area contributed by atoms with E-state index < -0.39 is 0 Å². The van der Waals surface area contributed by atoms with Crippen LogP contribution in [0.15, 0.2) is 0 Å². The van der Waals surface area contributed by atoms with Crippen LogP contribution in [0, 0.1) is 0 Å². The van der Waals surface area contributed by atoms with E-state index in [-0.39, 0.29) is 11.9 Å². The van der Waals surface area contributed by atoms with E-state index in [0.717, 1.165) is 44.7 Å². The van der Waals surface area contributed by atoms with Crippen molar-refractivity contribution in [1.82, 2.24) is 4.90 Å². The molecule has 0 saturated carbocycles. The number of carbonyl (C=O) groups is 1. The smallest absolute Gasteiger partial charge is 0.239 e. The third kappa shape index (κ3) is 4.85. The minimum absolute atomic E-state index is 0.106. The molecule has 0 spiro atoms. The van der Waals surface area contributed by atoms with Crippen LogP contribution in [0.5, 0.6) is 0 Å². The third-order valence-electron chi connectivity index (χ3n) is 3.11. The van der Waals surface area contributed by atoms with Crippen LogP contribution in [0.25, 0.3) is 0 Å². The zero-order valence-corrected chi connectivity index (χ0v) is 11.7. The van der Waals surface area contributed by atoms with Gasteiger partial charge in [0.1, 0.15) is 0 Å². The van der Waals surface area contributed by atoms with Crippen LogP contribution in [-0.4, -0.2) is 54.7 Å². The molecule has 1 amide bonds. The molecule has 1 fully saturated rings. The first-order valence-electron chi connectivity index (χ1n) is 6.34. The molecule has 0 aliphatic carbocycles. The van der Waals surface area contributed by atoms with E-state index in [1.165, 1.54) is 0 Å². The molecule has 2 N–H and O–H groups in total. The second kappa shape index (κ2) is 7.95. The molecule has 0 aromatic rings. The van der Waals surface area contributed by atoms with Crippen molar-refractivity contribution < 1.29 is 9.53 Å². The number of likely N-dealkylation sites (tertiary alicyclic amines) is 1. The summed E-state index contributed by atoms with van der Waals surface area (Å²) in [5.41, 5.74) is 5.89. The molecule has 1 aliphatic heterocycles. The number of carbonyl (C=O) groups excluding carboxylic acids is 1. The molecule has 0 aromatic carbocycles. The topological polar surface area (TPSA) is 55.6 Å². The normalized spacial score (nSPS) is 19.4. The SMILES string of the molecule is CCOC1CCN(C(=O)[C@H](N)CCSC)CC1. The van der Waals surface area contributed by atoms with Crippen LogP contribution in [0.3, 0.4) is 0 Å². The Kier molecular flexibility index (Phi) is 6.92. The summed E-state index contributed by atoms with van der Waals surface area (Å²) < 4.78 is 5.56. The molecular formula is C12H24N2O2S. The molecule has 0 bridgehead atoms. The van der Waals surface area contributed by atoms with Gasteiger partial charge in [0.2, 0.25) is 5.91 Å². The average molecular weight is 260 g/mol. The van der Waals surface area contributed by atoms with Crippen molar-refractivity contribution in [2.24, 2.45) is 5.73 Å². The lowest BCUT2D eigenvalue weighted by Crippen LogP contribution is -2.48. The number of nitrogens with zero attached hydrogens (tertiary/aromatic N) is 1. The monoisotopic (exact) mass is 260 g/mol. The van der Waals surface area contributed by atoms with Gasteiger partial charge in [0.05, 0.1) is 12.1 Å². The molecule has 1 heterocycles. The maximum absolute atomic E-state index is 12.0. The standard InChI is InChI=1S/C12H24N2O2S/c1-3-16-10-4-7-14(8-5-10)12(15)11(13)6-9-17-2/h10-11H,3-9,13H2,1-2H3/t11-/m1/s1. The van der Waals surface area contributed by atoms with E-state index in [9.17, 15) is 4.79 Å². The Hall–Kier alpha value is -0.260. The second-order valence-corrected chi connectivity index (χ2v) is 5.35. The van der Waals surface area contributed by atoms with Crippen molar-refractivity contribution in [3.63, 3.8) is 0 Å². The molecule has 1 aliphatic rings. The summed E-state index contributed by atoms with van der Waals surface area (Å²) in [5, 5.41) is 0. The van der Waals surface area contributed by atoms with Crippen LogP contribution < -0.4 is 5.73 Å². The molecule has 1 saturated heterocycles. The number of piperidine rings is 1. The van der Waals surface area contributed by atoms with E-state index >= 15 is 0 Å². The lowest BCUT2D eigenvalue weighted by molar-refractivity contribution is -0.135. The molecular weight excluding hydrogens is 236 g/mol. The highest BCUT2D eigenvalue weighted by atomic mass is 32.2. The van der Waals surface area contributed by atoms with Crippen molar-refractivity contribution >= 4 is 17.7 Å². The highest BCUT2D eigenvalue weighted by Crippen LogP contribution is 2.15. The summed E-state index contributed by atoms with van der Waals surface area (Å²) in [4.78, 5) is 13.9. The predicted molar refractivity (Wildman–Crippen MR) is 72.2 cm³/mol. The van der Waals surface area contributed by atoms with Gasteiger partial charge in [0, 0.05) is 19.7 Å². The van der Waals surface area contributed by atoms with Gasteiger partial charge in [-0.2, -0.15) is 11.8 Å². The lowest BCUT2D eigenvalue weighted by atomic mass is 10.1. The van der Waals surface area contributed by atoms with E-state index in [2.05, 4.69) is 0 Å². The first-order chi connectivity index (χ1) is 8.19. The quantitative estimate of drug-likeness (QED) is 0.777. The molecule has 17 heavy (non-hydrogen) atoms. The largest absolute Gasteiger partial charge is 0.378 e. The maximum atomic E-state index is 12.0. The summed E-state index contributed by atoms with van der Waals surface area (Å²) in [7, 11) is 0. The lowest BCUT2D eigenvalue weighted by Gasteiger charge is -2.33. The van der Waals surface area contributed by atoms with E-state index in [0.29, 0.717) is 6.10 Å². The highest BCUT2D eigenvalue weighted by molar-refractivity contribution is 7.98. The molecule has 0 aromatic heterocycles. The molecule has 1 rings (SSSR count). The number of hydrogen-bond donors (Lipinski definition) is 1. The van der Waals surface area contributed by atoms with Crippen molar-refractivity contribution in [2.45, 2.75) is 38.3 Å². The zero-order chi connectivity index (χ0) is 12.7. The van der Waals surface area contributed by atoms with Gasteiger partial charge in [0.15, 0.2) is 0 Å². The van der Waals surface area contributed by atoms with Crippen LogP contribution in [0.1, 0.15) is 26.2 Å². The van der Waals surface area contributed by atoms with Gasteiger partial charge in [-0.1, -0.05) is 0 Å². The Labute approximate surface area is 108 Å². The predicted octanol–water partition coefficient (Wildman–Crippen LogP) is 1.09. The number of thioether (sulfide) groups is 1. The Balaban J connectivity index is 2.30. The molecule has 0 radical (unpaired) electrons. The summed E-state index contributed by atoms with van der Waals surface area (Å²) in [6, 6.07) is -0.328. The first-order valence-corrected chi connectivity index (χ1v) is 7.73. The van der Waals surface area contributed by atoms with E-state index in [1.807, 2.05) is 18.1 Å². The fraction of sp³-hybridized carbons (Fsp3) is 0.917. The number of amides is 1. The number of ether oxygens (including phenoxy) is 1. The minimum Gasteiger partial charge on any atom is -0.378 e. The number of nitrogens with two attached hydrogens (primary N) is 1. The van der Waals surface area contributed by atoms with E-state index in [4.69, 9.17) is 10.5 Å². The van der Waals surface area contributed by atoms with Gasteiger partial charge in [-0.25, -0.2) is 0 Å². The number of rotatable bonds is 6. The molecule has 5 heteroatoms. The van der Waals surface area contributed by atoms with Gasteiger partial charge in [-0.15, -0.1) is 0 Å². The van der Waals surface area contributed by atoms with Crippen molar-refractivity contribution in [2.75, 3.05) is 31.7 Å². The molecule has 1 atom stereocenters.